The minimum Gasteiger partial charge on any atom is -0.369 e. The molecule has 1 amide bonds. The molecule has 2 N–H and O–H groups in total. The number of carbonyl (C=O) groups is 1. The first kappa shape index (κ1) is 20.2. The van der Waals surface area contributed by atoms with Crippen LogP contribution in [-0.2, 0) is 4.79 Å². The third kappa shape index (κ3) is 4.85. The van der Waals surface area contributed by atoms with Crippen molar-refractivity contribution in [3.8, 4) is 11.1 Å². The molecule has 0 unspecified atom stereocenters. The maximum absolute atomic E-state index is 12.0. The van der Waals surface area contributed by atoms with E-state index in [9.17, 15) is 4.79 Å². The summed E-state index contributed by atoms with van der Waals surface area (Å²) in [4.78, 5) is 25.1. The van der Waals surface area contributed by atoms with Gasteiger partial charge in [-0.05, 0) is 33.5 Å². The molecule has 148 valence electrons. The van der Waals surface area contributed by atoms with Crippen molar-refractivity contribution >= 4 is 33.3 Å². The predicted octanol–water partition coefficient (Wildman–Crippen LogP) is 3.45. The lowest BCUT2D eigenvalue weighted by Gasteiger charge is -2.11. The zero-order valence-electron chi connectivity index (χ0n) is 16.9. The van der Waals surface area contributed by atoms with Gasteiger partial charge in [0.15, 0.2) is 0 Å². The van der Waals surface area contributed by atoms with Gasteiger partial charge < -0.3 is 15.5 Å². The molecule has 2 heterocycles. The van der Waals surface area contributed by atoms with Gasteiger partial charge in [0.2, 0.25) is 5.91 Å². The van der Waals surface area contributed by atoms with Crippen molar-refractivity contribution in [2.45, 2.75) is 20.3 Å². The molecule has 0 aliphatic carbocycles. The van der Waals surface area contributed by atoms with Gasteiger partial charge in [-0.15, -0.1) is 11.3 Å². The van der Waals surface area contributed by atoms with Crippen molar-refractivity contribution in [1.29, 1.82) is 0 Å². The van der Waals surface area contributed by atoms with Crippen LogP contribution in [0.4, 0.5) is 5.82 Å². The number of aryl methyl sites for hydroxylation is 2. The molecule has 2 aromatic heterocycles. The molecule has 0 atom stereocenters. The average molecular weight is 398 g/mol. The molecule has 0 radical (unpaired) electrons. The quantitative estimate of drug-likeness (QED) is 0.609. The number of carbonyl (C=O) groups excluding carboxylic acids is 1. The molecule has 0 fully saturated rings. The number of thiophene rings is 1. The van der Waals surface area contributed by atoms with Crippen molar-refractivity contribution in [1.82, 2.24) is 20.2 Å². The Morgan fingerprint density at radius 3 is 2.57 bits per heavy atom. The Morgan fingerprint density at radius 1 is 1.11 bits per heavy atom. The highest BCUT2D eigenvalue weighted by atomic mass is 32.1. The van der Waals surface area contributed by atoms with Crippen molar-refractivity contribution in [3.05, 3.63) is 41.0 Å². The van der Waals surface area contributed by atoms with Crippen LogP contribution < -0.4 is 10.6 Å². The molecule has 0 saturated heterocycles. The van der Waals surface area contributed by atoms with Crippen LogP contribution in [0.25, 0.3) is 21.3 Å². The number of hydrogen-bond acceptors (Lipinski definition) is 6. The van der Waals surface area contributed by atoms with Crippen LogP contribution in [0.2, 0.25) is 0 Å². The molecule has 3 aromatic rings. The van der Waals surface area contributed by atoms with Crippen molar-refractivity contribution < 1.29 is 4.79 Å². The van der Waals surface area contributed by atoms with Crippen molar-refractivity contribution in [2.75, 3.05) is 39.0 Å². The predicted molar refractivity (Wildman–Crippen MR) is 117 cm³/mol. The Balaban J connectivity index is 1.75. The fraction of sp³-hybridized carbons (Fsp3) is 0.381. The molecule has 0 saturated carbocycles. The number of nitrogens with zero attached hydrogens (tertiary/aromatic N) is 3. The van der Waals surface area contributed by atoms with E-state index in [-0.39, 0.29) is 5.91 Å². The van der Waals surface area contributed by atoms with Gasteiger partial charge in [-0.3, -0.25) is 4.79 Å². The van der Waals surface area contributed by atoms with Gasteiger partial charge in [0.05, 0.1) is 5.39 Å². The summed E-state index contributed by atoms with van der Waals surface area (Å²) in [5.41, 5.74) is 3.56. The smallest absolute Gasteiger partial charge is 0.221 e. The Morgan fingerprint density at radius 2 is 1.86 bits per heavy atom. The Bertz CT molecular complexity index is 949. The molecule has 28 heavy (non-hydrogen) atoms. The molecule has 6 nitrogen and oxygen atoms in total. The molecule has 7 heteroatoms. The second kappa shape index (κ2) is 9.12. The monoisotopic (exact) mass is 397 g/mol. The van der Waals surface area contributed by atoms with E-state index < -0.39 is 0 Å². The zero-order chi connectivity index (χ0) is 20.1. The maximum Gasteiger partial charge on any atom is 0.221 e. The van der Waals surface area contributed by atoms with Gasteiger partial charge in [0, 0.05) is 36.5 Å². The number of likely N-dealkylation sites (N-methyl/N-ethyl adjacent to an activating group) is 1. The van der Waals surface area contributed by atoms with E-state index in [0.29, 0.717) is 19.5 Å². The summed E-state index contributed by atoms with van der Waals surface area (Å²) in [6.07, 6.45) is 1.98. The van der Waals surface area contributed by atoms with Gasteiger partial charge in [0.1, 0.15) is 17.0 Å². The summed E-state index contributed by atoms with van der Waals surface area (Å²) in [6, 6.07) is 8.51. The van der Waals surface area contributed by atoms with Crippen molar-refractivity contribution in [3.63, 3.8) is 0 Å². The Labute approximate surface area is 170 Å². The van der Waals surface area contributed by atoms with Gasteiger partial charge >= 0.3 is 0 Å². The molecular formula is C21H27N5OS. The van der Waals surface area contributed by atoms with Crippen LogP contribution >= 0.6 is 11.3 Å². The van der Waals surface area contributed by atoms with Crippen LogP contribution in [0.1, 0.15) is 16.9 Å². The first-order chi connectivity index (χ1) is 13.5. The molecule has 0 aliphatic heterocycles. The van der Waals surface area contributed by atoms with Crippen LogP contribution in [0, 0.1) is 13.8 Å². The lowest BCUT2D eigenvalue weighted by Crippen LogP contribution is -2.32. The van der Waals surface area contributed by atoms with Crippen LogP contribution in [0.5, 0.6) is 0 Å². The van der Waals surface area contributed by atoms with E-state index >= 15 is 0 Å². The van der Waals surface area contributed by atoms with Gasteiger partial charge in [-0.25, -0.2) is 9.97 Å². The summed E-state index contributed by atoms with van der Waals surface area (Å²) < 4.78 is 0. The largest absolute Gasteiger partial charge is 0.369 e. The van der Waals surface area contributed by atoms with E-state index in [1.807, 2.05) is 19.0 Å². The van der Waals surface area contributed by atoms with E-state index in [1.54, 1.807) is 17.7 Å². The number of aromatic nitrogens is 2. The maximum atomic E-state index is 12.0. The third-order valence-corrected chi connectivity index (χ3v) is 5.54. The Kier molecular flexibility index (Phi) is 6.59. The van der Waals surface area contributed by atoms with E-state index in [1.165, 1.54) is 16.0 Å². The lowest BCUT2D eigenvalue weighted by molar-refractivity contribution is -0.120. The minimum atomic E-state index is 0.0416. The van der Waals surface area contributed by atoms with Gasteiger partial charge in [-0.2, -0.15) is 0 Å². The van der Waals surface area contributed by atoms with Crippen LogP contribution in [0.15, 0.2) is 30.6 Å². The standard InChI is InChI=1S/C21H27N5OS/c1-14-5-7-16(8-6-14)18-15(2)28-21-19(18)20(24-13-25-21)23-10-9-17(27)22-11-12-26(3)4/h5-8,13H,9-12H2,1-4H3,(H,22,27)(H,23,24,25). The highest BCUT2D eigenvalue weighted by Gasteiger charge is 2.16. The van der Waals surface area contributed by atoms with E-state index in [2.05, 4.69) is 58.7 Å². The molecular weight excluding hydrogens is 370 g/mol. The van der Waals surface area contributed by atoms with Crippen LogP contribution in [0.3, 0.4) is 0 Å². The summed E-state index contributed by atoms with van der Waals surface area (Å²) in [7, 11) is 3.98. The number of anilines is 1. The topological polar surface area (TPSA) is 70.1 Å². The first-order valence-electron chi connectivity index (χ1n) is 9.42. The number of amides is 1. The molecule has 1 aromatic carbocycles. The number of benzene rings is 1. The highest BCUT2D eigenvalue weighted by molar-refractivity contribution is 7.19. The summed E-state index contributed by atoms with van der Waals surface area (Å²) in [6.45, 7) is 6.22. The number of fused-ring (bicyclic) bond motifs is 1. The van der Waals surface area contributed by atoms with Crippen LogP contribution in [-0.4, -0.2) is 54.5 Å². The second-order valence-corrected chi connectivity index (χ2v) is 8.33. The first-order valence-corrected chi connectivity index (χ1v) is 10.2. The molecule has 0 bridgehead atoms. The summed E-state index contributed by atoms with van der Waals surface area (Å²) in [5, 5.41) is 7.30. The Hall–Kier alpha value is -2.51. The minimum absolute atomic E-state index is 0.0416. The normalized spacial score (nSPS) is 11.2. The summed E-state index contributed by atoms with van der Waals surface area (Å²) >= 11 is 1.67. The lowest BCUT2D eigenvalue weighted by atomic mass is 10.0. The zero-order valence-corrected chi connectivity index (χ0v) is 17.7. The number of nitrogens with one attached hydrogen (secondary N) is 2. The summed E-state index contributed by atoms with van der Waals surface area (Å²) in [5.74, 6) is 0.825. The second-order valence-electron chi connectivity index (χ2n) is 7.13. The number of rotatable bonds is 8. The average Bonchev–Trinajstić information content (AvgIpc) is 2.99. The fourth-order valence-corrected chi connectivity index (χ4v) is 4.06. The highest BCUT2D eigenvalue weighted by Crippen LogP contribution is 2.40. The third-order valence-electron chi connectivity index (χ3n) is 4.53. The molecule has 3 rings (SSSR count). The number of hydrogen-bond donors (Lipinski definition) is 2. The molecule has 0 aliphatic rings. The van der Waals surface area contributed by atoms with Gasteiger partial charge in [0.25, 0.3) is 0 Å². The SMILES string of the molecule is Cc1ccc(-c2c(C)sc3ncnc(NCCC(=O)NCCN(C)C)c23)cc1. The van der Waals surface area contributed by atoms with Crippen molar-refractivity contribution in [2.24, 2.45) is 0 Å². The fourth-order valence-electron chi connectivity index (χ4n) is 3.05. The van der Waals surface area contributed by atoms with E-state index in [4.69, 9.17) is 0 Å². The van der Waals surface area contributed by atoms with E-state index in [0.717, 1.165) is 28.1 Å². The molecule has 0 spiro atoms. The van der Waals surface area contributed by atoms with Gasteiger partial charge in [-0.1, -0.05) is 29.8 Å².